The third-order valence-electron chi connectivity index (χ3n) is 1.90. The quantitative estimate of drug-likeness (QED) is 0.566. The highest BCUT2D eigenvalue weighted by atomic mass is 16.2. The van der Waals surface area contributed by atoms with Crippen LogP contribution in [-0.2, 0) is 4.79 Å². The van der Waals surface area contributed by atoms with Crippen LogP contribution in [0.2, 0.25) is 0 Å². The summed E-state index contributed by atoms with van der Waals surface area (Å²) in [4.78, 5) is 10.9. The Kier molecular flexibility index (Phi) is 1.91. The molecule has 3 nitrogen and oxygen atoms in total. The normalized spacial score (nSPS) is 27.2. The number of hydrogen-bond donors (Lipinski definition) is 1. The zero-order valence-electron chi connectivity index (χ0n) is 5.92. The van der Waals surface area contributed by atoms with E-state index in [0.29, 0.717) is 0 Å². The molecule has 1 rings (SSSR count). The molecular formula is C7H10N2O. The molecule has 1 aliphatic heterocycles. The summed E-state index contributed by atoms with van der Waals surface area (Å²) in [5.41, 5.74) is 0. The zero-order valence-corrected chi connectivity index (χ0v) is 5.92. The molecule has 1 fully saturated rings. The first-order valence-corrected chi connectivity index (χ1v) is 3.43. The lowest BCUT2D eigenvalue weighted by atomic mass is 9.94. The van der Waals surface area contributed by atoms with Gasteiger partial charge in [-0.1, -0.05) is 0 Å². The van der Waals surface area contributed by atoms with Crippen molar-refractivity contribution < 1.29 is 4.79 Å². The summed E-state index contributed by atoms with van der Waals surface area (Å²) in [6.07, 6.45) is 0.813. The minimum absolute atomic E-state index is 0.0362. The Morgan fingerprint density at radius 1 is 1.90 bits per heavy atom. The van der Waals surface area contributed by atoms with Gasteiger partial charge in [-0.25, -0.2) is 0 Å². The standard InChI is InChI=1S/C7H10N2O/c1-5(4-8)6-2-3-9-7(6)10/h5-6H,2-3H2,1H3,(H,9,10). The van der Waals surface area contributed by atoms with E-state index in [1.165, 1.54) is 0 Å². The van der Waals surface area contributed by atoms with Crippen LogP contribution >= 0.6 is 0 Å². The average Bonchev–Trinajstić information content (AvgIpc) is 2.34. The first-order valence-electron chi connectivity index (χ1n) is 3.43. The van der Waals surface area contributed by atoms with Gasteiger partial charge < -0.3 is 5.32 Å². The van der Waals surface area contributed by atoms with Gasteiger partial charge >= 0.3 is 0 Å². The third-order valence-corrected chi connectivity index (χ3v) is 1.90. The van der Waals surface area contributed by atoms with Crippen molar-refractivity contribution in [1.82, 2.24) is 5.32 Å². The second-order valence-corrected chi connectivity index (χ2v) is 2.60. The number of rotatable bonds is 1. The maximum absolute atomic E-state index is 10.9. The van der Waals surface area contributed by atoms with Gasteiger partial charge in [0.05, 0.1) is 17.9 Å². The lowest BCUT2D eigenvalue weighted by molar-refractivity contribution is -0.123. The number of nitrogens with one attached hydrogen (secondary N) is 1. The van der Waals surface area contributed by atoms with E-state index >= 15 is 0 Å². The molecule has 1 aliphatic rings. The molecule has 54 valence electrons. The average molecular weight is 138 g/mol. The van der Waals surface area contributed by atoms with Crippen LogP contribution in [0.5, 0.6) is 0 Å². The number of amides is 1. The fraction of sp³-hybridized carbons (Fsp3) is 0.714. The summed E-state index contributed by atoms with van der Waals surface area (Å²) < 4.78 is 0. The van der Waals surface area contributed by atoms with Crippen LogP contribution in [0.25, 0.3) is 0 Å². The van der Waals surface area contributed by atoms with Gasteiger partial charge in [-0.05, 0) is 13.3 Å². The zero-order chi connectivity index (χ0) is 7.56. The van der Waals surface area contributed by atoms with Crippen molar-refractivity contribution in [3.8, 4) is 6.07 Å². The van der Waals surface area contributed by atoms with Crippen molar-refractivity contribution in [2.24, 2.45) is 11.8 Å². The minimum Gasteiger partial charge on any atom is -0.356 e. The summed E-state index contributed by atoms with van der Waals surface area (Å²) in [5.74, 6) is -0.165. The first kappa shape index (κ1) is 7.07. The highest BCUT2D eigenvalue weighted by Crippen LogP contribution is 2.18. The number of carbonyl (C=O) groups is 1. The van der Waals surface area contributed by atoms with Crippen molar-refractivity contribution in [2.75, 3.05) is 6.54 Å². The molecule has 0 aromatic carbocycles. The molecule has 1 N–H and O–H groups in total. The number of hydrogen-bond acceptors (Lipinski definition) is 2. The number of nitriles is 1. The van der Waals surface area contributed by atoms with E-state index in [-0.39, 0.29) is 17.7 Å². The number of nitrogens with zero attached hydrogens (tertiary/aromatic N) is 1. The molecule has 0 spiro atoms. The van der Waals surface area contributed by atoms with Crippen molar-refractivity contribution in [3.63, 3.8) is 0 Å². The fourth-order valence-corrected chi connectivity index (χ4v) is 1.18. The second kappa shape index (κ2) is 2.70. The van der Waals surface area contributed by atoms with Crippen LogP contribution < -0.4 is 5.32 Å². The molecule has 0 radical (unpaired) electrons. The smallest absolute Gasteiger partial charge is 0.224 e. The summed E-state index contributed by atoms with van der Waals surface area (Å²) in [7, 11) is 0. The molecule has 2 unspecified atom stereocenters. The molecule has 0 aromatic rings. The Labute approximate surface area is 60.0 Å². The topological polar surface area (TPSA) is 52.9 Å². The van der Waals surface area contributed by atoms with Gasteiger partial charge in [0, 0.05) is 6.54 Å². The molecule has 3 heteroatoms. The predicted octanol–water partition coefficient (Wildman–Crippen LogP) is 0.282. The molecule has 0 saturated carbocycles. The van der Waals surface area contributed by atoms with E-state index in [2.05, 4.69) is 11.4 Å². The van der Waals surface area contributed by atoms with Gasteiger partial charge in [0.1, 0.15) is 0 Å². The summed E-state index contributed by atoms with van der Waals surface area (Å²) >= 11 is 0. The van der Waals surface area contributed by atoms with Crippen molar-refractivity contribution in [3.05, 3.63) is 0 Å². The van der Waals surface area contributed by atoms with Crippen LogP contribution in [0.4, 0.5) is 0 Å². The van der Waals surface area contributed by atoms with E-state index in [4.69, 9.17) is 5.26 Å². The van der Waals surface area contributed by atoms with Crippen molar-refractivity contribution in [1.29, 1.82) is 5.26 Å². The Bertz CT molecular complexity index is 183. The van der Waals surface area contributed by atoms with E-state index in [1.54, 1.807) is 6.92 Å². The van der Waals surface area contributed by atoms with E-state index < -0.39 is 0 Å². The molecule has 0 aliphatic carbocycles. The lowest BCUT2D eigenvalue weighted by Gasteiger charge is -2.06. The summed E-state index contributed by atoms with van der Waals surface area (Å²) in [6, 6.07) is 2.08. The van der Waals surface area contributed by atoms with E-state index in [9.17, 15) is 4.79 Å². The fourth-order valence-electron chi connectivity index (χ4n) is 1.18. The van der Waals surface area contributed by atoms with E-state index in [1.807, 2.05) is 0 Å². The first-order chi connectivity index (χ1) is 4.75. The minimum atomic E-state index is -0.137. The molecule has 0 bridgehead atoms. The Balaban J connectivity index is 2.57. The Hall–Kier alpha value is -1.04. The van der Waals surface area contributed by atoms with Gasteiger partial charge in [-0.15, -0.1) is 0 Å². The van der Waals surface area contributed by atoms with Crippen LogP contribution in [0.15, 0.2) is 0 Å². The highest BCUT2D eigenvalue weighted by molar-refractivity contribution is 5.81. The summed E-state index contributed by atoms with van der Waals surface area (Å²) in [6.45, 7) is 2.52. The maximum atomic E-state index is 10.9. The van der Waals surface area contributed by atoms with Gasteiger partial charge in [0.25, 0.3) is 0 Å². The van der Waals surface area contributed by atoms with Crippen LogP contribution in [0, 0.1) is 23.2 Å². The number of carbonyl (C=O) groups excluding carboxylic acids is 1. The van der Waals surface area contributed by atoms with E-state index in [0.717, 1.165) is 13.0 Å². The molecular weight excluding hydrogens is 128 g/mol. The Morgan fingerprint density at radius 3 is 3.00 bits per heavy atom. The van der Waals surface area contributed by atoms with Gasteiger partial charge in [0.15, 0.2) is 0 Å². The lowest BCUT2D eigenvalue weighted by Crippen LogP contribution is -2.22. The molecule has 0 aromatic heterocycles. The third kappa shape index (κ3) is 1.10. The monoisotopic (exact) mass is 138 g/mol. The molecule has 2 atom stereocenters. The molecule has 1 amide bonds. The maximum Gasteiger partial charge on any atom is 0.224 e. The van der Waals surface area contributed by atoms with Crippen LogP contribution in [0.1, 0.15) is 13.3 Å². The van der Waals surface area contributed by atoms with Crippen molar-refractivity contribution in [2.45, 2.75) is 13.3 Å². The predicted molar refractivity (Wildman–Crippen MR) is 35.9 cm³/mol. The van der Waals surface area contributed by atoms with Crippen molar-refractivity contribution >= 4 is 5.91 Å². The van der Waals surface area contributed by atoms with Gasteiger partial charge in [-0.3, -0.25) is 4.79 Å². The highest BCUT2D eigenvalue weighted by Gasteiger charge is 2.28. The van der Waals surface area contributed by atoms with Gasteiger partial charge in [-0.2, -0.15) is 5.26 Å². The molecule has 1 saturated heterocycles. The molecule has 10 heavy (non-hydrogen) atoms. The second-order valence-electron chi connectivity index (χ2n) is 2.60. The van der Waals surface area contributed by atoms with Crippen LogP contribution in [-0.4, -0.2) is 12.5 Å². The summed E-state index contributed by atoms with van der Waals surface area (Å²) in [5, 5.41) is 11.2. The van der Waals surface area contributed by atoms with Gasteiger partial charge in [0.2, 0.25) is 5.91 Å². The van der Waals surface area contributed by atoms with Crippen LogP contribution in [0.3, 0.4) is 0 Å². The molecule has 1 heterocycles. The SMILES string of the molecule is CC(C#N)C1CCNC1=O. The Morgan fingerprint density at radius 2 is 2.60 bits per heavy atom. The largest absolute Gasteiger partial charge is 0.356 e.